The van der Waals surface area contributed by atoms with E-state index in [1.807, 2.05) is 24.3 Å². The Morgan fingerprint density at radius 1 is 1.25 bits per heavy atom. The monoisotopic (exact) mass is 263 g/mol. The summed E-state index contributed by atoms with van der Waals surface area (Å²) in [6, 6.07) is 9.98. The van der Waals surface area contributed by atoms with Crippen LogP contribution in [0.1, 0.15) is 11.4 Å². The molecule has 1 aromatic carbocycles. The molecule has 2 heterocycles. The van der Waals surface area contributed by atoms with Gasteiger partial charge in [0.25, 0.3) is 0 Å². The van der Waals surface area contributed by atoms with E-state index in [-0.39, 0.29) is 0 Å². The first kappa shape index (κ1) is 12.2. The second kappa shape index (κ2) is 5.41. The molecule has 3 rings (SSSR count). The molecule has 98 valence electrons. The molecule has 0 aliphatic carbocycles. The Labute approximate surface area is 116 Å². The summed E-state index contributed by atoms with van der Waals surface area (Å²) in [6.07, 6.45) is 5.92. The van der Waals surface area contributed by atoms with Crippen LogP contribution < -0.4 is 5.32 Å². The van der Waals surface area contributed by atoms with Gasteiger partial charge in [0.05, 0.1) is 16.8 Å². The first-order valence-corrected chi connectivity index (χ1v) is 6.38. The van der Waals surface area contributed by atoms with Crippen LogP contribution in [-0.2, 0) is 6.42 Å². The van der Waals surface area contributed by atoms with E-state index in [1.165, 1.54) is 0 Å². The Kier molecular flexibility index (Phi) is 3.29. The number of hydrogen-bond acceptors (Lipinski definition) is 4. The molecular weight excluding hydrogens is 250 g/mol. The number of para-hydroxylation sites is 1. The van der Waals surface area contributed by atoms with E-state index in [9.17, 15) is 5.26 Å². The number of benzene rings is 1. The summed E-state index contributed by atoms with van der Waals surface area (Å²) in [5, 5.41) is 13.5. The van der Waals surface area contributed by atoms with Gasteiger partial charge in [0, 0.05) is 36.9 Å². The smallest absolute Gasteiger partial charge is 0.107 e. The minimum atomic E-state index is 0.558. The van der Waals surface area contributed by atoms with Crippen LogP contribution in [0.5, 0.6) is 0 Å². The van der Waals surface area contributed by atoms with Crippen molar-refractivity contribution in [3.63, 3.8) is 0 Å². The van der Waals surface area contributed by atoms with Crippen molar-refractivity contribution in [1.29, 1.82) is 5.26 Å². The van der Waals surface area contributed by atoms with Crippen molar-refractivity contribution in [2.75, 3.05) is 11.9 Å². The fourth-order valence-electron chi connectivity index (χ4n) is 2.16. The van der Waals surface area contributed by atoms with E-state index in [4.69, 9.17) is 0 Å². The van der Waals surface area contributed by atoms with Gasteiger partial charge in [-0.05, 0) is 6.07 Å². The molecule has 0 aliphatic heterocycles. The number of nitriles is 1. The Morgan fingerprint density at radius 3 is 2.95 bits per heavy atom. The molecule has 0 aliphatic rings. The predicted octanol–water partition coefficient (Wildman–Crippen LogP) is 2.48. The molecule has 0 amide bonds. The second-order valence-electron chi connectivity index (χ2n) is 4.39. The fraction of sp³-hybridized carbons (Fsp3) is 0.133. The Balaban J connectivity index is 1.87. The summed E-state index contributed by atoms with van der Waals surface area (Å²) in [4.78, 5) is 11.5. The van der Waals surface area contributed by atoms with Crippen LogP contribution in [0.25, 0.3) is 10.9 Å². The Hall–Kier alpha value is -2.87. The molecule has 0 fully saturated rings. The minimum Gasteiger partial charge on any atom is -0.383 e. The van der Waals surface area contributed by atoms with Gasteiger partial charge in [-0.15, -0.1) is 0 Å². The van der Waals surface area contributed by atoms with Crippen molar-refractivity contribution < 1.29 is 0 Å². The lowest BCUT2D eigenvalue weighted by atomic mass is 10.1. The molecule has 0 unspecified atom stereocenters. The van der Waals surface area contributed by atoms with Crippen molar-refractivity contribution in [3.05, 3.63) is 54.2 Å². The molecule has 5 heteroatoms. The maximum atomic E-state index is 9.21. The maximum Gasteiger partial charge on any atom is 0.107 e. The summed E-state index contributed by atoms with van der Waals surface area (Å²) in [5.74, 6) is 0.925. The third kappa shape index (κ3) is 2.31. The molecule has 0 radical (unpaired) electrons. The standard InChI is InChI=1S/C15H13N5/c16-9-11-10-20-13-4-2-1-3-12(13)15(11)19-6-5-14-17-7-8-18-14/h1-4,7-8,10H,5-6H2,(H,17,18)(H,19,20). The molecule has 2 N–H and O–H groups in total. The number of aromatic nitrogens is 3. The minimum absolute atomic E-state index is 0.558. The average molecular weight is 263 g/mol. The molecule has 2 aromatic heterocycles. The lowest BCUT2D eigenvalue weighted by Gasteiger charge is -2.10. The number of pyridine rings is 1. The van der Waals surface area contributed by atoms with Gasteiger partial charge >= 0.3 is 0 Å². The van der Waals surface area contributed by atoms with Gasteiger partial charge in [-0.3, -0.25) is 4.98 Å². The summed E-state index contributed by atoms with van der Waals surface area (Å²) >= 11 is 0. The fourth-order valence-corrected chi connectivity index (χ4v) is 2.16. The van der Waals surface area contributed by atoms with Gasteiger partial charge < -0.3 is 10.3 Å². The lowest BCUT2D eigenvalue weighted by molar-refractivity contribution is 0.928. The van der Waals surface area contributed by atoms with E-state index in [1.54, 1.807) is 18.6 Å². The molecule has 0 spiro atoms. The van der Waals surface area contributed by atoms with Crippen LogP contribution in [0.2, 0.25) is 0 Å². The average Bonchev–Trinajstić information content (AvgIpc) is 3.00. The van der Waals surface area contributed by atoms with Crippen molar-refractivity contribution in [2.45, 2.75) is 6.42 Å². The van der Waals surface area contributed by atoms with Crippen molar-refractivity contribution in [1.82, 2.24) is 15.0 Å². The third-order valence-electron chi connectivity index (χ3n) is 3.11. The highest BCUT2D eigenvalue weighted by Gasteiger charge is 2.08. The predicted molar refractivity (Wildman–Crippen MR) is 77.2 cm³/mol. The number of H-pyrrole nitrogens is 1. The number of nitrogens with zero attached hydrogens (tertiary/aromatic N) is 3. The summed E-state index contributed by atoms with van der Waals surface area (Å²) < 4.78 is 0. The van der Waals surface area contributed by atoms with E-state index in [2.05, 4.69) is 26.3 Å². The summed E-state index contributed by atoms with van der Waals surface area (Å²) in [6.45, 7) is 0.705. The highest BCUT2D eigenvalue weighted by Crippen LogP contribution is 2.25. The third-order valence-corrected chi connectivity index (χ3v) is 3.11. The van der Waals surface area contributed by atoms with Crippen LogP contribution in [0.4, 0.5) is 5.69 Å². The van der Waals surface area contributed by atoms with Gasteiger partial charge in [0.15, 0.2) is 0 Å². The zero-order valence-electron chi connectivity index (χ0n) is 10.8. The van der Waals surface area contributed by atoms with Gasteiger partial charge in [0.1, 0.15) is 11.9 Å². The summed E-state index contributed by atoms with van der Waals surface area (Å²) in [5.41, 5.74) is 2.28. The largest absolute Gasteiger partial charge is 0.383 e. The van der Waals surface area contributed by atoms with Crippen molar-refractivity contribution >= 4 is 16.6 Å². The molecular formula is C15H13N5. The molecule has 3 aromatic rings. The van der Waals surface area contributed by atoms with Gasteiger partial charge in [-0.1, -0.05) is 18.2 Å². The van der Waals surface area contributed by atoms with Gasteiger partial charge in [0.2, 0.25) is 0 Å². The van der Waals surface area contributed by atoms with Crippen LogP contribution in [-0.4, -0.2) is 21.5 Å². The van der Waals surface area contributed by atoms with E-state index >= 15 is 0 Å². The van der Waals surface area contributed by atoms with E-state index < -0.39 is 0 Å². The molecule has 5 nitrogen and oxygen atoms in total. The molecule has 0 atom stereocenters. The number of fused-ring (bicyclic) bond motifs is 1. The SMILES string of the molecule is N#Cc1cnc2ccccc2c1NCCc1ncc[nH]1. The number of hydrogen-bond donors (Lipinski definition) is 2. The zero-order valence-corrected chi connectivity index (χ0v) is 10.8. The van der Waals surface area contributed by atoms with Crippen LogP contribution >= 0.6 is 0 Å². The first-order valence-electron chi connectivity index (χ1n) is 6.38. The Morgan fingerprint density at radius 2 is 2.15 bits per heavy atom. The highest BCUT2D eigenvalue weighted by atomic mass is 14.9. The number of anilines is 1. The van der Waals surface area contributed by atoms with Crippen LogP contribution in [0.3, 0.4) is 0 Å². The van der Waals surface area contributed by atoms with Crippen molar-refractivity contribution in [3.8, 4) is 6.07 Å². The van der Waals surface area contributed by atoms with E-state index in [0.29, 0.717) is 12.1 Å². The number of imidazole rings is 1. The molecule has 20 heavy (non-hydrogen) atoms. The van der Waals surface area contributed by atoms with Crippen molar-refractivity contribution in [2.24, 2.45) is 0 Å². The summed E-state index contributed by atoms with van der Waals surface area (Å²) in [7, 11) is 0. The number of aromatic amines is 1. The lowest BCUT2D eigenvalue weighted by Crippen LogP contribution is -2.08. The second-order valence-corrected chi connectivity index (χ2v) is 4.39. The highest BCUT2D eigenvalue weighted by molar-refractivity contribution is 5.93. The van der Waals surface area contributed by atoms with Gasteiger partial charge in [-0.25, -0.2) is 4.98 Å². The Bertz CT molecular complexity index is 756. The molecule has 0 saturated carbocycles. The van der Waals surface area contributed by atoms with Crippen LogP contribution in [0.15, 0.2) is 42.9 Å². The number of rotatable bonds is 4. The topological polar surface area (TPSA) is 77.4 Å². The normalized spacial score (nSPS) is 10.3. The molecule has 0 saturated heterocycles. The molecule has 0 bridgehead atoms. The van der Waals surface area contributed by atoms with Gasteiger partial charge in [-0.2, -0.15) is 5.26 Å². The van der Waals surface area contributed by atoms with E-state index in [0.717, 1.165) is 28.8 Å². The quantitative estimate of drug-likeness (QED) is 0.758. The van der Waals surface area contributed by atoms with Crippen LogP contribution in [0, 0.1) is 11.3 Å². The first-order chi connectivity index (χ1) is 9.88. The zero-order chi connectivity index (χ0) is 13.8. The maximum absolute atomic E-state index is 9.21. The number of nitrogens with one attached hydrogen (secondary N) is 2.